The number of amides is 1. The number of nitrogens with zero attached hydrogens (tertiary/aromatic N) is 2. The van der Waals surface area contributed by atoms with Gasteiger partial charge in [-0.15, -0.1) is 0 Å². The number of fused-ring (bicyclic) bond motifs is 2. The van der Waals surface area contributed by atoms with Crippen LogP contribution in [-0.2, 0) is 34.0 Å². The molecule has 1 aromatic rings. The predicted molar refractivity (Wildman–Crippen MR) is 104 cm³/mol. The Morgan fingerprint density at radius 2 is 1.90 bits per heavy atom. The molecule has 2 aliphatic heterocycles. The molecule has 0 aromatic heterocycles. The largest absolute Gasteiger partial charge is 0.465 e. The third-order valence-electron chi connectivity index (χ3n) is 4.96. The number of nitriles is 1. The van der Waals surface area contributed by atoms with Crippen molar-refractivity contribution in [1.82, 2.24) is 0 Å². The van der Waals surface area contributed by atoms with Crippen molar-refractivity contribution in [3.63, 3.8) is 0 Å². The molecule has 0 radical (unpaired) electrons. The normalized spacial score (nSPS) is 20.1. The van der Waals surface area contributed by atoms with Crippen molar-refractivity contribution in [3.8, 4) is 6.07 Å². The molecule has 0 unspecified atom stereocenters. The van der Waals surface area contributed by atoms with Crippen molar-refractivity contribution >= 4 is 23.5 Å². The van der Waals surface area contributed by atoms with Gasteiger partial charge in [-0.25, -0.2) is 4.79 Å². The van der Waals surface area contributed by atoms with Crippen molar-refractivity contribution in [2.45, 2.75) is 26.2 Å². The third-order valence-corrected chi connectivity index (χ3v) is 4.96. The molecular formula is C21H21N3O6. The Balaban J connectivity index is 2.32. The average molecular weight is 411 g/mol. The summed E-state index contributed by atoms with van der Waals surface area (Å²) in [5.41, 5.74) is 4.42. The number of carbonyl (C=O) groups is 3. The van der Waals surface area contributed by atoms with Gasteiger partial charge >= 0.3 is 11.9 Å². The van der Waals surface area contributed by atoms with Gasteiger partial charge in [0.1, 0.15) is 29.5 Å². The fraction of sp³-hybridized carbons (Fsp3) is 0.333. The summed E-state index contributed by atoms with van der Waals surface area (Å²) < 4.78 is 15.6. The van der Waals surface area contributed by atoms with E-state index >= 15 is 0 Å². The molecule has 30 heavy (non-hydrogen) atoms. The highest BCUT2D eigenvalue weighted by Gasteiger charge is 2.62. The number of allylic oxidation sites excluding steroid dienone is 1. The second-order valence-corrected chi connectivity index (χ2v) is 6.57. The number of anilines is 1. The van der Waals surface area contributed by atoms with E-state index in [0.717, 1.165) is 0 Å². The minimum Gasteiger partial charge on any atom is -0.465 e. The van der Waals surface area contributed by atoms with Crippen LogP contribution in [0.3, 0.4) is 0 Å². The number of benzene rings is 1. The van der Waals surface area contributed by atoms with Crippen LogP contribution in [0.25, 0.3) is 0 Å². The van der Waals surface area contributed by atoms with E-state index in [1.54, 1.807) is 38.1 Å². The first-order valence-electron chi connectivity index (χ1n) is 9.38. The quantitative estimate of drug-likeness (QED) is 0.719. The molecule has 3 rings (SSSR count). The molecular weight excluding hydrogens is 390 g/mol. The van der Waals surface area contributed by atoms with Gasteiger partial charge in [-0.2, -0.15) is 5.26 Å². The first kappa shape index (κ1) is 20.9. The summed E-state index contributed by atoms with van der Waals surface area (Å²) in [6, 6.07) is 8.52. The number of hydrogen-bond donors (Lipinski definition) is 1. The summed E-state index contributed by atoms with van der Waals surface area (Å²) in [5.74, 6) is -2.35. The van der Waals surface area contributed by atoms with Gasteiger partial charge in [0.25, 0.3) is 0 Å². The van der Waals surface area contributed by atoms with E-state index in [0.29, 0.717) is 11.3 Å². The van der Waals surface area contributed by atoms with Crippen LogP contribution in [0.2, 0.25) is 0 Å². The molecule has 0 fully saturated rings. The number of hydrogen-bond acceptors (Lipinski definition) is 8. The van der Waals surface area contributed by atoms with E-state index in [4.69, 9.17) is 19.9 Å². The first-order chi connectivity index (χ1) is 14.3. The Morgan fingerprint density at radius 3 is 2.53 bits per heavy atom. The van der Waals surface area contributed by atoms with Gasteiger partial charge < -0.3 is 19.9 Å². The van der Waals surface area contributed by atoms with E-state index in [9.17, 15) is 19.6 Å². The van der Waals surface area contributed by atoms with Crippen LogP contribution in [0.15, 0.2) is 47.1 Å². The summed E-state index contributed by atoms with van der Waals surface area (Å²) in [7, 11) is 0. The molecule has 156 valence electrons. The monoisotopic (exact) mass is 411 g/mol. The van der Waals surface area contributed by atoms with Crippen LogP contribution in [-0.4, -0.2) is 37.6 Å². The molecule has 0 saturated carbocycles. The molecule has 0 aliphatic carbocycles. The number of para-hydroxylation sites is 1. The lowest BCUT2D eigenvalue weighted by Crippen LogP contribution is -2.49. The molecule has 0 bridgehead atoms. The van der Waals surface area contributed by atoms with Crippen LogP contribution in [0.1, 0.15) is 26.3 Å². The van der Waals surface area contributed by atoms with Crippen molar-refractivity contribution < 1.29 is 28.6 Å². The Bertz CT molecular complexity index is 1040. The first-order valence-corrected chi connectivity index (χ1v) is 9.38. The van der Waals surface area contributed by atoms with E-state index in [-0.39, 0.29) is 42.5 Å². The number of ether oxygens (including phenoxy) is 3. The highest BCUT2D eigenvalue weighted by Crippen LogP contribution is 2.54. The van der Waals surface area contributed by atoms with Gasteiger partial charge in [0.2, 0.25) is 11.8 Å². The third kappa shape index (κ3) is 2.88. The van der Waals surface area contributed by atoms with Gasteiger partial charge in [-0.1, -0.05) is 18.2 Å². The smallest absolute Gasteiger partial charge is 0.339 e. The summed E-state index contributed by atoms with van der Waals surface area (Å²) in [5, 5.41) is 9.89. The zero-order valence-electron chi connectivity index (χ0n) is 16.9. The molecule has 1 atom stereocenters. The summed E-state index contributed by atoms with van der Waals surface area (Å²) >= 11 is 0. The van der Waals surface area contributed by atoms with Crippen molar-refractivity contribution in [2.24, 2.45) is 5.73 Å². The topological polar surface area (TPSA) is 132 Å². The Hall–Kier alpha value is -3.80. The minimum atomic E-state index is -1.88. The molecule has 1 aromatic carbocycles. The highest BCUT2D eigenvalue weighted by atomic mass is 16.5. The molecule has 1 spiro atoms. The maximum atomic E-state index is 13.8. The number of esters is 2. The standard InChI is InChI=1S/C21H21N3O6/c1-4-28-16(25)11-24-15-9-7-6-8-13(15)21(20(24)27)14(10-22)18(23)30-12(3)17(21)19(26)29-5-2/h6-9H,4-5,11,23H2,1-3H3/t21-/m1/s1. The lowest BCUT2D eigenvalue weighted by Gasteiger charge is -2.34. The highest BCUT2D eigenvalue weighted by molar-refractivity contribution is 6.19. The molecule has 9 heteroatoms. The summed E-state index contributed by atoms with van der Waals surface area (Å²) in [6.07, 6.45) is 0. The number of rotatable bonds is 5. The van der Waals surface area contributed by atoms with Gasteiger partial charge in [-0.3, -0.25) is 14.5 Å². The van der Waals surface area contributed by atoms with Crippen LogP contribution < -0.4 is 10.6 Å². The van der Waals surface area contributed by atoms with Crippen LogP contribution in [0.4, 0.5) is 5.69 Å². The molecule has 0 saturated heterocycles. The summed E-state index contributed by atoms with van der Waals surface area (Å²) in [4.78, 5) is 40.1. The van der Waals surface area contributed by atoms with Crippen LogP contribution in [0.5, 0.6) is 0 Å². The van der Waals surface area contributed by atoms with Crippen molar-refractivity contribution in [3.05, 3.63) is 52.6 Å². The van der Waals surface area contributed by atoms with Crippen molar-refractivity contribution in [2.75, 3.05) is 24.7 Å². The summed E-state index contributed by atoms with van der Waals surface area (Å²) in [6.45, 7) is 4.55. The minimum absolute atomic E-state index is 0.0473. The van der Waals surface area contributed by atoms with E-state index in [2.05, 4.69) is 0 Å². The van der Waals surface area contributed by atoms with E-state index in [1.165, 1.54) is 11.8 Å². The van der Waals surface area contributed by atoms with Gasteiger partial charge in [0.15, 0.2) is 5.41 Å². The lowest BCUT2D eigenvalue weighted by molar-refractivity contribution is -0.142. The maximum Gasteiger partial charge on any atom is 0.339 e. The SMILES string of the molecule is CCOC(=O)CN1C(=O)[C@@]2(C(C#N)=C(N)OC(C)=C2C(=O)OCC)c2ccccc21. The molecule has 1 amide bonds. The van der Waals surface area contributed by atoms with Crippen LogP contribution >= 0.6 is 0 Å². The Kier molecular flexibility index (Phi) is 5.52. The molecule has 9 nitrogen and oxygen atoms in total. The Morgan fingerprint density at radius 1 is 1.23 bits per heavy atom. The molecule has 2 N–H and O–H groups in total. The fourth-order valence-electron chi connectivity index (χ4n) is 3.91. The van der Waals surface area contributed by atoms with E-state index in [1.807, 2.05) is 6.07 Å². The second-order valence-electron chi connectivity index (χ2n) is 6.57. The predicted octanol–water partition coefficient (Wildman–Crippen LogP) is 1.40. The number of nitrogens with two attached hydrogens (primary N) is 1. The van der Waals surface area contributed by atoms with Crippen LogP contribution in [0, 0.1) is 11.3 Å². The second kappa shape index (κ2) is 7.91. The fourth-order valence-corrected chi connectivity index (χ4v) is 3.91. The van der Waals surface area contributed by atoms with Gasteiger partial charge in [-0.05, 0) is 26.8 Å². The van der Waals surface area contributed by atoms with Crippen molar-refractivity contribution in [1.29, 1.82) is 5.26 Å². The van der Waals surface area contributed by atoms with Gasteiger partial charge in [0.05, 0.1) is 13.2 Å². The Labute approximate surface area is 173 Å². The lowest BCUT2D eigenvalue weighted by atomic mass is 9.68. The number of carbonyl (C=O) groups excluding carboxylic acids is 3. The van der Waals surface area contributed by atoms with Gasteiger partial charge in [0, 0.05) is 11.3 Å². The maximum absolute atomic E-state index is 13.8. The molecule has 2 heterocycles. The van der Waals surface area contributed by atoms with E-state index < -0.39 is 23.3 Å². The zero-order chi connectivity index (χ0) is 22.1. The molecule has 2 aliphatic rings. The average Bonchev–Trinajstić information content (AvgIpc) is 2.92. The zero-order valence-corrected chi connectivity index (χ0v) is 16.9.